The summed E-state index contributed by atoms with van der Waals surface area (Å²) in [6.45, 7) is 0. The van der Waals surface area contributed by atoms with E-state index >= 15 is 0 Å². The van der Waals surface area contributed by atoms with Gasteiger partial charge in [-0.3, -0.25) is 0 Å². The molecule has 1 heterocycles. The van der Waals surface area contributed by atoms with Crippen molar-refractivity contribution in [3.8, 4) is 56.4 Å². The zero-order chi connectivity index (χ0) is 38.0. The third kappa shape index (κ3) is 5.18. The fraction of sp³-hybridized carbons (Fsp3) is 0. The van der Waals surface area contributed by atoms with Crippen LogP contribution in [0.1, 0.15) is 9.60 Å². The van der Waals surface area contributed by atoms with Crippen molar-refractivity contribution in [1.29, 1.82) is 0 Å². The van der Waals surface area contributed by atoms with E-state index in [1.54, 1.807) is 6.07 Å². The number of aromatic nitrogens is 3. The molecule has 0 fully saturated rings. The Labute approximate surface area is 288 Å². The Bertz CT molecular complexity index is 3010. The predicted octanol–water partition coefficient (Wildman–Crippen LogP) is 11.7. The molecule has 48 heavy (non-hydrogen) atoms. The number of nitrogens with zero attached hydrogens (tertiary/aromatic N) is 3. The molecule has 1 aromatic heterocycles. The minimum Gasteiger partial charge on any atom is -0.208 e. The summed E-state index contributed by atoms with van der Waals surface area (Å²) in [7, 11) is 0. The highest BCUT2D eigenvalue weighted by Gasteiger charge is 2.15. The molecular weight excluding hydrogens is 583 g/mol. The number of rotatable bonds is 5. The summed E-state index contributed by atoms with van der Waals surface area (Å²) in [5, 5.41) is 3.56. The van der Waals surface area contributed by atoms with Gasteiger partial charge >= 0.3 is 0 Å². The predicted molar refractivity (Wildman–Crippen MR) is 200 cm³/mol. The van der Waals surface area contributed by atoms with E-state index in [1.165, 1.54) is 0 Å². The Morgan fingerprint density at radius 1 is 0.354 bits per heavy atom. The smallest absolute Gasteiger partial charge is 0.164 e. The molecule has 0 saturated heterocycles. The molecule has 0 amide bonds. The number of hydrogen-bond acceptors (Lipinski definition) is 3. The van der Waals surface area contributed by atoms with Gasteiger partial charge in [-0.25, -0.2) is 15.0 Å². The lowest BCUT2D eigenvalue weighted by molar-refractivity contribution is 1.08. The molecule has 9 rings (SSSR count). The van der Waals surface area contributed by atoms with E-state index in [2.05, 4.69) is 36.4 Å². The van der Waals surface area contributed by atoms with Crippen LogP contribution in [0, 0.1) is 0 Å². The van der Waals surface area contributed by atoms with E-state index in [0.29, 0.717) is 23.0 Å². The maximum absolute atomic E-state index is 8.99. The normalized spacial score (nSPS) is 13.4. The van der Waals surface area contributed by atoms with Crippen LogP contribution in [0.5, 0.6) is 0 Å². The van der Waals surface area contributed by atoms with E-state index < -0.39 is 24.2 Å². The van der Waals surface area contributed by atoms with Crippen LogP contribution in [-0.4, -0.2) is 15.0 Å². The molecule has 0 N–H and O–H groups in total. The fourth-order valence-corrected chi connectivity index (χ4v) is 6.09. The molecule has 0 unspecified atom stereocenters. The van der Waals surface area contributed by atoms with Crippen LogP contribution in [0.25, 0.3) is 88.7 Å². The zero-order valence-corrected chi connectivity index (χ0v) is 25.5. The monoisotopic (exact) mass is 618 g/mol. The average molecular weight is 619 g/mol. The number of hydrogen-bond donors (Lipinski definition) is 0. The summed E-state index contributed by atoms with van der Waals surface area (Å²) in [5.41, 5.74) is 5.35. The Morgan fingerprint density at radius 3 is 1.73 bits per heavy atom. The van der Waals surface area contributed by atoms with Crippen molar-refractivity contribution in [3.63, 3.8) is 0 Å². The Balaban J connectivity index is 1.18. The molecule has 9 aromatic rings. The molecule has 0 radical (unpaired) electrons. The van der Waals surface area contributed by atoms with Gasteiger partial charge in [0.1, 0.15) is 0 Å². The summed E-state index contributed by atoms with van der Waals surface area (Å²) < 4.78 is 59.5. The van der Waals surface area contributed by atoms with Gasteiger partial charge in [0, 0.05) is 16.7 Å². The van der Waals surface area contributed by atoms with E-state index in [1.807, 2.05) is 91.0 Å². The molecule has 0 atom stereocenters. The molecular formula is C45H29N3. The second kappa shape index (κ2) is 11.7. The second-order valence-corrected chi connectivity index (χ2v) is 11.6. The Morgan fingerprint density at radius 2 is 0.958 bits per heavy atom. The summed E-state index contributed by atoms with van der Waals surface area (Å²) in [6.07, 6.45) is 0. The lowest BCUT2D eigenvalue weighted by Crippen LogP contribution is -2.00. The van der Waals surface area contributed by atoms with Gasteiger partial charge in [0.25, 0.3) is 0 Å². The molecule has 224 valence electrons. The van der Waals surface area contributed by atoms with Crippen molar-refractivity contribution < 1.29 is 9.60 Å². The summed E-state index contributed by atoms with van der Waals surface area (Å²) >= 11 is 0. The van der Waals surface area contributed by atoms with E-state index in [9.17, 15) is 0 Å². The van der Waals surface area contributed by atoms with Gasteiger partial charge in [-0.2, -0.15) is 0 Å². The van der Waals surface area contributed by atoms with Gasteiger partial charge in [-0.1, -0.05) is 152 Å². The van der Waals surface area contributed by atoms with Crippen LogP contribution in [0.2, 0.25) is 0 Å². The van der Waals surface area contributed by atoms with Crippen LogP contribution in [0.3, 0.4) is 0 Å². The Hall–Kier alpha value is -6.45. The first kappa shape index (κ1) is 21.4. The van der Waals surface area contributed by atoms with Crippen molar-refractivity contribution >= 4 is 32.3 Å². The molecule has 0 spiro atoms. The van der Waals surface area contributed by atoms with Crippen LogP contribution >= 0.6 is 0 Å². The molecule has 0 aliphatic carbocycles. The van der Waals surface area contributed by atoms with E-state index in [0.717, 1.165) is 49.4 Å². The summed E-state index contributed by atoms with van der Waals surface area (Å²) in [6, 6.07) is 41.3. The van der Waals surface area contributed by atoms with Gasteiger partial charge in [0.05, 0.1) is 9.60 Å². The molecule has 8 aromatic carbocycles. The maximum atomic E-state index is 8.99. The fourth-order valence-electron chi connectivity index (χ4n) is 6.09. The maximum Gasteiger partial charge on any atom is 0.164 e. The minimum atomic E-state index is -0.491. The van der Waals surface area contributed by atoms with Crippen molar-refractivity contribution in [3.05, 3.63) is 176 Å². The molecule has 3 nitrogen and oxygen atoms in total. The van der Waals surface area contributed by atoms with E-state index in [4.69, 9.17) is 24.5 Å². The van der Waals surface area contributed by atoms with Gasteiger partial charge in [-0.05, 0) is 78.8 Å². The lowest BCUT2D eigenvalue weighted by atomic mass is 9.97. The van der Waals surface area contributed by atoms with Crippen molar-refractivity contribution in [2.75, 3.05) is 0 Å². The molecule has 0 aliphatic heterocycles. The van der Waals surface area contributed by atoms with Crippen LogP contribution in [0.4, 0.5) is 0 Å². The average Bonchev–Trinajstić information content (AvgIpc) is 3.23. The molecule has 3 heteroatoms. The van der Waals surface area contributed by atoms with Crippen molar-refractivity contribution in [2.45, 2.75) is 0 Å². The highest BCUT2D eigenvalue weighted by Crippen LogP contribution is 2.34. The topological polar surface area (TPSA) is 38.7 Å². The first-order chi connectivity index (χ1) is 26.7. The van der Waals surface area contributed by atoms with Gasteiger partial charge in [-0.15, -0.1) is 0 Å². The molecule has 0 saturated carbocycles. The molecule has 0 aliphatic rings. The lowest BCUT2D eigenvalue weighted by Gasteiger charge is -2.12. The third-order valence-corrected chi connectivity index (χ3v) is 8.53. The first-order valence-corrected chi connectivity index (χ1v) is 15.6. The highest BCUT2D eigenvalue weighted by atomic mass is 15.0. The Kier molecular flexibility index (Phi) is 5.22. The van der Waals surface area contributed by atoms with Crippen LogP contribution < -0.4 is 0 Å². The van der Waals surface area contributed by atoms with Gasteiger partial charge in [0.2, 0.25) is 0 Å². The molecule has 0 bridgehead atoms. The summed E-state index contributed by atoms with van der Waals surface area (Å²) in [4.78, 5) is 15.0. The van der Waals surface area contributed by atoms with Crippen LogP contribution in [0.15, 0.2) is 176 Å². The third-order valence-electron chi connectivity index (χ3n) is 8.53. The zero-order valence-electron chi connectivity index (χ0n) is 32.5. The van der Waals surface area contributed by atoms with E-state index in [-0.39, 0.29) is 34.5 Å². The SMILES string of the molecule is [2H]c1c([2H])c([2H])c2c([2H])c(-c3ccc4cc(-c5nc(-c6ccccc6)nc(-c6cccc7ccc(-c8ccccc8)cc67)n5)ccc4c3)c([2H])c([2H])c2c1[2H]. The van der Waals surface area contributed by atoms with Crippen molar-refractivity contribution in [1.82, 2.24) is 15.0 Å². The first-order valence-electron chi connectivity index (χ1n) is 19.1. The summed E-state index contributed by atoms with van der Waals surface area (Å²) in [5.74, 6) is 1.58. The van der Waals surface area contributed by atoms with Crippen LogP contribution in [-0.2, 0) is 0 Å². The number of benzene rings is 8. The largest absolute Gasteiger partial charge is 0.208 e. The standard InChI is InChI=1S/C45H29N3/c1-3-10-30(11-4-1)39-21-19-32-16-9-17-41(42(32)29-39)45-47-43(33-13-5-2-6-14-33)46-44(48-45)40-25-24-37-27-36(22-23-38(37)28-40)35-20-18-31-12-7-8-15-34(31)26-35/h1-29H/i7D,8D,12D,15D,18D,20D,26D. The minimum absolute atomic E-state index is 0.0696. The van der Waals surface area contributed by atoms with Crippen molar-refractivity contribution in [2.24, 2.45) is 0 Å². The second-order valence-electron chi connectivity index (χ2n) is 11.6. The van der Waals surface area contributed by atoms with Gasteiger partial charge in [0.15, 0.2) is 17.5 Å². The van der Waals surface area contributed by atoms with Gasteiger partial charge < -0.3 is 0 Å². The number of fused-ring (bicyclic) bond motifs is 3. The highest BCUT2D eigenvalue weighted by molar-refractivity contribution is 5.98. The quantitative estimate of drug-likeness (QED) is 0.193.